The lowest BCUT2D eigenvalue weighted by molar-refractivity contribution is -0.121. The molecular formula is C16H23N3O3. The first-order valence-corrected chi connectivity index (χ1v) is 7.54. The summed E-state index contributed by atoms with van der Waals surface area (Å²) in [5.74, 6) is -0.303. The van der Waals surface area contributed by atoms with Crippen LogP contribution in [0.5, 0.6) is 0 Å². The number of hydrogen-bond donors (Lipinski definition) is 1. The number of ether oxygens (including phenoxy) is 1. The van der Waals surface area contributed by atoms with E-state index in [-0.39, 0.29) is 17.9 Å². The average Bonchev–Trinajstić information content (AvgIpc) is 2.46. The summed E-state index contributed by atoms with van der Waals surface area (Å²) >= 11 is 0. The van der Waals surface area contributed by atoms with Crippen molar-refractivity contribution in [2.75, 3.05) is 18.4 Å². The standard InChI is InChI=1S/C16H23N3O3/c1-16(2,3)22-15(21)19-9-5-6-12(11-19)14(20)18-13-7-4-8-17-10-13/h4,7-8,10,12H,5-6,9,11H2,1-3H3,(H,18,20)/t12-/m0/s1. The lowest BCUT2D eigenvalue weighted by Gasteiger charge is -2.33. The van der Waals surface area contributed by atoms with Gasteiger partial charge in [-0.2, -0.15) is 0 Å². The molecule has 2 rings (SSSR count). The summed E-state index contributed by atoms with van der Waals surface area (Å²) in [6, 6.07) is 3.56. The predicted molar refractivity (Wildman–Crippen MR) is 83.4 cm³/mol. The van der Waals surface area contributed by atoms with Crippen LogP contribution in [0.3, 0.4) is 0 Å². The van der Waals surface area contributed by atoms with Gasteiger partial charge in [0.1, 0.15) is 5.60 Å². The SMILES string of the molecule is CC(C)(C)OC(=O)N1CCC[C@H](C(=O)Nc2cccnc2)C1. The van der Waals surface area contributed by atoms with Crippen LogP contribution in [0.15, 0.2) is 24.5 Å². The highest BCUT2D eigenvalue weighted by Gasteiger charge is 2.31. The van der Waals surface area contributed by atoms with Gasteiger partial charge in [0.15, 0.2) is 0 Å². The highest BCUT2D eigenvalue weighted by atomic mass is 16.6. The number of carbonyl (C=O) groups excluding carboxylic acids is 2. The molecule has 0 unspecified atom stereocenters. The number of amides is 2. The van der Waals surface area contributed by atoms with E-state index in [9.17, 15) is 9.59 Å². The van der Waals surface area contributed by atoms with Gasteiger partial charge in [-0.1, -0.05) is 0 Å². The first-order chi connectivity index (χ1) is 10.3. The number of hydrogen-bond acceptors (Lipinski definition) is 4. The third-order valence-corrected chi connectivity index (χ3v) is 3.37. The summed E-state index contributed by atoms with van der Waals surface area (Å²) in [7, 11) is 0. The lowest BCUT2D eigenvalue weighted by atomic mass is 9.97. The van der Waals surface area contributed by atoms with E-state index in [1.807, 2.05) is 20.8 Å². The molecule has 0 radical (unpaired) electrons. The molecule has 1 aliphatic heterocycles. The molecule has 6 heteroatoms. The summed E-state index contributed by atoms with van der Waals surface area (Å²) in [6.45, 7) is 6.52. The van der Waals surface area contributed by atoms with Crippen LogP contribution in [-0.4, -0.2) is 40.6 Å². The van der Waals surface area contributed by atoms with Gasteiger partial charge in [-0.25, -0.2) is 4.79 Å². The fourth-order valence-corrected chi connectivity index (χ4v) is 2.36. The van der Waals surface area contributed by atoms with E-state index >= 15 is 0 Å². The van der Waals surface area contributed by atoms with Gasteiger partial charge in [0.05, 0.1) is 17.8 Å². The molecule has 22 heavy (non-hydrogen) atoms. The molecule has 0 aliphatic carbocycles. The highest BCUT2D eigenvalue weighted by molar-refractivity contribution is 5.92. The normalized spacial score (nSPS) is 18.7. The number of piperidine rings is 1. The van der Waals surface area contributed by atoms with Crippen LogP contribution < -0.4 is 5.32 Å². The van der Waals surface area contributed by atoms with Gasteiger partial charge in [-0.05, 0) is 45.7 Å². The van der Waals surface area contributed by atoms with E-state index in [0.717, 1.165) is 12.8 Å². The smallest absolute Gasteiger partial charge is 0.410 e. The number of aromatic nitrogens is 1. The minimum atomic E-state index is -0.526. The van der Waals surface area contributed by atoms with Gasteiger partial charge in [0.25, 0.3) is 0 Å². The zero-order chi connectivity index (χ0) is 16.2. The minimum Gasteiger partial charge on any atom is -0.444 e. The number of carbonyl (C=O) groups is 2. The Bertz CT molecular complexity index is 525. The molecular weight excluding hydrogens is 282 g/mol. The Hall–Kier alpha value is -2.11. The average molecular weight is 305 g/mol. The molecule has 1 aromatic rings. The fourth-order valence-electron chi connectivity index (χ4n) is 2.36. The van der Waals surface area contributed by atoms with Crippen molar-refractivity contribution in [1.29, 1.82) is 0 Å². The van der Waals surface area contributed by atoms with Gasteiger partial charge in [0, 0.05) is 19.3 Å². The molecule has 2 amide bonds. The summed E-state index contributed by atoms with van der Waals surface area (Å²) in [4.78, 5) is 30.0. The molecule has 1 fully saturated rings. The van der Waals surface area contributed by atoms with Crippen molar-refractivity contribution in [3.63, 3.8) is 0 Å². The number of pyridine rings is 1. The Balaban J connectivity index is 1.92. The lowest BCUT2D eigenvalue weighted by Crippen LogP contribution is -2.45. The Labute approximate surface area is 130 Å². The topological polar surface area (TPSA) is 71.5 Å². The zero-order valence-corrected chi connectivity index (χ0v) is 13.3. The first-order valence-electron chi connectivity index (χ1n) is 7.54. The molecule has 1 aromatic heterocycles. The van der Waals surface area contributed by atoms with Crippen molar-refractivity contribution < 1.29 is 14.3 Å². The molecule has 0 aromatic carbocycles. The van der Waals surface area contributed by atoms with Crippen molar-refractivity contribution in [3.8, 4) is 0 Å². The van der Waals surface area contributed by atoms with Gasteiger partial charge in [-0.3, -0.25) is 9.78 Å². The number of nitrogens with one attached hydrogen (secondary N) is 1. The highest BCUT2D eigenvalue weighted by Crippen LogP contribution is 2.20. The maximum absolute atomic E-state index is 12.3. The minimum absolute atomic E-state index is 0.0822. The molecule has 0 bridgehead atoms. The van der Waals surface area contributed by atoms with Crippen molar-refractivity contribution >= 4 is 17.7 Å². The van der Waals surface area contributed by atoms with E-state index in [2.05, 4.69) is 10.3 Å². The molecule has 1 saturated heterocycles. The van der Waals surface area contributed by atoms with Crippen molar-refractivity contribution in [3.05, 3.63) is 24.5 Å². The Morgan fingerprint density at radius 3 is 2.82 bits per heavy atom. The number of nitrogens with zero attached hydrogens (tertiary/aromatic N) is 2. The Morgan fingerprint density at radius 2 is 2.18 bits per heavy atom. The third-order valence-electron chi connectivity index (χ3n) is 3.37. The Morgan fingerprint density at radius 1 is 1.41 bits per heavy atom. The molecule has 1 atom stereocenters. The van der Waals surface area contributed by atoms with E-state index in [4.69, 9.17) is 4.74 Å². The van der Waals surface area contributed by atoms with Gasteiger partial charge in [-0.15, -0.1) is 0 Å². The molecule has 0 spiro atoms. The van der Waals surface area contributed by atoms with Crippen LogP contribution in [0.4, 0.5) is 10.5 Å². The van der Waals surface area contributed by atoms with Gasteiger partial charge < -0.3 is 15.0 Å². The summed E-state index contributed by atoms with van der Waals surface area (Å²) < 4.78 is 5.37. The first kappa shape index (κ1) is 16.3. The van der Waals surface area contributed by atoms with Crippen molar-refractivity contribution in [1.82, 2.24) is 9.88 Å². The number of anilines is 1. The molecule has 2 heterocycles. The largest absolute Gasteiger partial charge is 0.444 e. The van der Waals surface area contributed by atoms with Crippen molar-refractivity contribution in [2.24, 2.45) is 5.92 Å². The number of rotatable bonds is 2. The maximum atomic E-state index is 12.3. The predicted octanol–water partition coefficient (Wildman–Crippen LogP) is 2.67. The quantitative estimate of drug-likeness (QED) is 0.912. The van der Waals surface area contributed by atoms with Gasteiger partial charge >= 0.3 is 6.09 Å². The molecule has 1 aliphatic rings. The van der Waals surface area contributed by atoms with Gasteiger partial charge in [0.2, 0.25) is 5.91 Å². The second kappa shape index (κ2) is 6.77. The third kappa shape index (κ3) is 4.72. The van der Waals surface area contributed by atoms with E-state index in [1.165, 1.54) is 0 Å². The zero-order valence-electron chi connectivity index (χ0n) is 13.3. The van der Waals surface area contributed by atoms with Crippen LogP contribution in [0, 0.1) is 5.92 Å². The number of likely N-dealkylation sites (tertiary alicyclic amines) is 1. The summed E-state index contributed by atoms with van der Waals surface area (Å²) in [5.41, 5.74) is 0.143. The summed E-state index contributed by atoms with van der Waals surface area (Å²) in [5, 5.41) is 2.84. The maximum Gasteiger partial charge on any atom is 0.410 e. The molecule has 6 nitrogen and oxygen atoms in total. The van der Waals surface area contributed by atoms with E-state index < -0.39 is 5.60 Å². The monoisotopic (exact) mass is 305 g/mol. The molecule has 1 N–H and O–H groups in total. The molecule has 120 valence electrons. The van der Waals surface area contributed by atoms with Crippen molar-refractivity contribution in [2.45, 2.75) is 39.2 Å². The second-order valence-corrected chi connectivity index (χ2v) is 6.50. The fraction of sp³-hybridized carbons (Fsp3) is 0.562. The van der Waals surface area contributed by atoms with Crippen LogP contribution in [-0.2, 0) is 9.53 Å². The van der Waals surface area contributed by atoms with Crippen LogP contribution in [0.1, 0.15) is 33.6 Å². The van der Waals surface area contributed by atoms with Crippen LogP contribution in [0.2, 0.25) is 0 Å². The van der Waals surface area contributed by atoms with E-state index in [0.29, 0.717) is 18.8 Å². The second-order valence-electron chi connectivity index (χ2n) is 6.50. The van der Waals surface area contributed by atoms with E-state index in [1.54, 1.807) is 29.4 Å². The summed E-state index contributed by atoms with van der Waals surface area (Å²) in [6.07, 6.45) is 4.47. The van der Waals surface area contributed by atoms with Crippen LogP contribution in [0.25, 0.3) is 0 Å². The Kier molecular flexibility index (Phi) is 5.00. The van der Waals surface area contributed by atoms with Crippen LogP contribution >= 0.6 is 0 Å². The molecule has 0 saturated carbocycles.